The third-order valence-corrected chi connectivity index (χ3v) is 2.88. The molecule has 19 heavy (non-hydrogen) atoms. The highest BCUT2D eigenvalue weighted by atomic mass is 16.7. The molecular formula is C13H10O6. The van der Waals surface area contributed by atoms with Crippen LogP contribution in [0.5, 0.6) is 11.5 Å². The molecule has 2 heterocycles. The summed E-state index contributed by atoms with van der Waals surface area (Å²) < 4.78 is 20.3. The van der Waals surface area contributed by atoms with Crippen LogP contribution >= 0.6 is 0 Å². The molecule has 6 heteroatoms. The number of cyclic esters (lactones) is 1. The lowest BCUT2D eigenvalue weighted by atomic mass is 10.0. The van der Waals surface area contributed by atoms with Crippen molar-refractivity contribution in [1.82, 2.24) is 0 Å². The number of rotatable bonds is 3. The second kappa shape index (κ2) is 4.31. The Bertz CT molecular complexity index is 589. The number of fused-ring (bicyclic) bond motifs is 1. The van der Waals surface area contributed by atoms with Gasteiger partial charge in [0.15, 0.2) is 17.3 Å². The van der Waals surface area contributed by atoms with Crippen LogP contribution < -0.4 is 9.47 Å². The zero-order valence-corrected chi connectivity index (χ0v) is 10.0. The molecule has 0 spiro atoms. The Morgan fingerprint density at radius 2 is 2.11 bits per heavy atom. The molecule has 0 N–H and O–H groups in total. The highest BCUT2D eigenvalue weighted by Gasteiger charge is 2.35. The predicted octanol–water partition coefficient (Wildman–Crippen LogP) is 1.05. The van der Waals surface area contributed by atoms with Crippen LogP contribution in [0.1, 0.15) is 10.4 Å². The third kappa shape index (κ3) is 1.91. The van der Waals surface area contributed by atoms with Crippen LogP contribution in [-0.2, 0) is 14.3 Å². The number of hydrogen-bond donors (Lipinski definition) is 0. The lowest BCUT2D eigenvalue weighted by molar-refractivity contribution is -0.137. The molecule has 2 aliphatic heterocycles. The van der Waals surface area contributed by atoms with E-state index < -0.39 is 12.1 Å². The van der Waals surface area contributed by atoms with Gasteiger partial charge in [-0.3, -0.25) is 4.79 Å². The minimum Gasteiger partial charge on any atom is -0.496 e. The van der Waals surface area contributed by atoms with Crippen molar-refractivity contribution in [2.24, 2.45) is 0 Å². The second-order valence-electron chi connectivity index (χ2n) is 4.00. The number of Topliss-reactive ketones (excluding diaryl/α,β-unsaturated/α-hetero) is 1. The van der Waals surface area contributed by atoms with Crippen LogP contribution in [0.4, 0.5) is 0 Å². The number of carbonyl (C=O) groups is 2. The number of methoxy groups -OCH3 is 1. The van der Waals surface area contributed by atoms with Gasteiger partial charge in [-0.25, -0.2) is 4.79 Å². The Hall–Kier alpha value is -2.50. The summed E-state index contributed by atoms with van der Waals surface area (Å²) in [7, 11) is 1.38. The topological polar surface area (TPSA) is 71.1 Å². The molecule has 1 aromatic carbocycles. The van der Waals surface area contributed by atoms with Gasteiger partial charge in [-0.2, -0.15) is 0 Å². The van der Waals surface area contributed by atoms with Gasteiger partial charge in [0, 0.05) is 5.56 Å². The van der Waals surface area contributed by atoms with Crippen molar-refractivity contribution in [3.8, 4) is 11.5 Å². The molecule has 0 saturated carbocycles. The Kier molecular flexibility index (Phi) is 2.63. The van der Waals surface area contributed by atoms with E-state index >= 15 is 0 Å². The van der Waals surface area contributed by atoms with Gasteiger partial charge >= 0.3 is 5.97 Å². The summed E-state index contributed by atoms with van der Waals surface area (Å²) in [6.45, 7) is 0.134. The monoisotopic (exact) mass is 262 g/mol. The average Bonchev–Trinajstić information content (AvgIpc) is 3.02. The Labute approximate surface area is 108 Å². The van der Waals surface area contributed by atoms with Gasteiger partial charge in [-0.1, -0.05) is 0 Å². The molecule has 0 saturated heterocycles. The maximum Gasteiger partial charge on any atom is 0.335 e. The number of hydrogen-bond acceptors (Lipinski definition) is 6. The van der Waals surface area contributed by atoms with Crippen molar-refractivity contribution in [2.75, 3.05) is 13.9 Å². The van der Waals surface area contributed by atoms with Crippen LogP contribution in [0, 0.1) is 0 Å². The molecule has 0 unspecified atom stereocenters. The first-order valence-electron chi connectivity index (χ1n) is 5.59. The molecule has 1 atom stereocenters. The molecule has 0 bridgehead atoms. The summed E-state index contributed by atoms with van der Waals surface area (Å²) in [6.07, 6.45) is 0.132. The first-order valence-corrected chi connectivity index (χ1v) is 5.59. The highest BCUT2D eigenvalue weighted by Crippen LogP contribution is 2.33. The van der Waals surface area contributed by atoms with Gasteiger partial charge in [-0.05, 0) is 18.2 Å². The Morgan fingerprint density at radius 3 is 2.89 bits per heavy atom. The van der Waals surface area contributed by atoms with E-state index in [9.17, 15) is 9.59 Å². The van der Waals surface area contributed by atoms with E-state index in [2.05, 4.69) is 0 Å². The average molecular weight is 262 g/mol. The van der Waals surface area contributed by atoms with Crippen LogP contribution in [0.25, 0.3) is 0 Å². The molecule has 0 aromatic heterocycles. The fraction of sp³-hybridized carbons (Fsp3) is 0.231. The third-order valence-electron chi connectivity index (χ3n) is 2.88. The zero-order chi connectivity index (χ0) is 13.4. The summed E-state index contributed by atoms with van der Waals surface area (Å²) in [4.78, 5) is 23.4. The van der Waals surface area contributed by atoms with Gasteiger partial charge < -0.3 is 18.9 Å². The molecule has 0 amide bonds. The lowest BCUT2D eigenvalue weighted by Gasteiger charge is -2.12. The summed E-state index contributed by atoms with van der Waals surface area (Å²) in [5, 5.41) is 0. The number of ketones is 1. The highest BCUT2D eigenvalue weighted by molar-refractivity contribution is 6.05. The fourth-order valence-electron chi connectivity index (χ4n) is 1.95. The van der Waals surface area contributed by atoms with E-state index in [4.69, 9.17) is 18.9 Å². The Balaban J connectivity index is 1.88. The molecule has 6 nitrogen and oxygen atoms in total. The van der Waals surface area contributed by atoms with Crippen molar-refractivity contribution < 1.29 is 28.5 Å². The van der Waals surface area contributed by atoms with Crippen molar-refractivity contribution >= 4 is 11.8 Å². The minimum atomic E-state index is -1.03. The number of ether oxygens (including phenoxy) is 4. The largest absolute Gasteiger partial charge is 0.496 e. The first-order chi connectivity index (χ1) is 9.19. The minimum absolute atomic E-state index is 0.134. The van der Waals surface area contributed by atoms with E-state index in [0.717, 1.165) is 6.08 Å². The van der Waals surface area contributed by atoms with E-state index in [1.807, 2.05) is 0 Å². The molecule has 98 valence electrons. The SMILES string of the molecule is COC1=CC(=O)O[C@@H]1C(=O)c1ccc2c(c1)OCO2. The van der Waals surface area contributed by atoms with E-state index in [1.165, 1.54) is 7.11 Å². The molecule has 0 radical (unpaired) electrons. The molecular weight excluding hydrogens is 252 g/mol. The van der Waals surface area contributed by atoms with E-state index in [-0.39, 0.29) is 18.3 Å². The molecule has 3 rings (SSSR count). The van der Waals surface area contributed by atoms with Gasteiger partial charge in [0.1, 0.15) is 0 Å². The Morgan fingerprint density at radius 1 is 1.32 bits per heavy atom. The molecule has 2 aliphatic rings. The maximum atomic E-state index is 12.3. The smallest absolute Gasteiger partial charge is 0.335 e. The summed E-state index contributed by atoms with van der Waals surface area (Å²) in [5.74, 6) is 0.335. The first kappa shape index (κ1) is 11.6. The standard InChI is InChI=1S/C13H10O6/c1-16-10-5-11(14)19-13(10)12(15)7-2-3-8-9(4-7)18-6-17-8/h2-5,13H,6H2,1H3/t13-/m0/s1. The maximum absolute atomic E-state index is 12.3. The zero-order valence-electron chi connectivity index (χ0n) is 10.0. The van der Waals surface area contributed by atoms with E-state index in [1.54, 1.807) is 18.2 Å². The second-order valence-corrected chi connectivity index (χ2v) is 4.00. The van der Waals surface area contributed by atoms with Crippen LogP contribution in [0.15, 0.2) is 30.0 Å². The van der Waals surface area contributed by atoms with Crippen LogP contribution in [-0.4, -0.2) is 31.8 Å². The van der Waals surface area contributed by atoms with Crippen molar-refractivity contribution in [1.29, 1.82) is 0 Å². The molecule has 0 aliphatic carbocycles. The van der Waals surface area contributed by atoms with E-state index in [0.29, 0.717) is 17.1 Å². The summed E-state index contributed by atoms with van der Waals surface area (Å²) in [6, 6.07) is 4.79. The normalized spacial score (nSPS) is 19.9. The van der Waals surface area contributed by atoms with Gasteiger partial charge in [0.2, 0.25) is 18.7 Å². The van der Waals surface area contributed by atoms with Gasteiger partial charge in [-0.15, -0.1) is 0 Å². The lowest BCUT2D eigenvalue weighted by Crippen LogP contribution is -2.24. The molecule has 1 aromatic rings. The predicted molar refractivity (Wildman–Crippen MR) is 61.9 cm³/mol. The fourth-order valence-corrected chi connectivity index (χ4v) is 1.95. The molecule has 0 fully saturated rings. The van der Waals surface area contributed by atoms with Crippen molar-refractivity contribution in [2.45, 2.75) is 6.10 Å². The number of benzene rings is 1. The number of esters is 1. The summed E-state index contributed by atoms with van der Waals surface area (Å²) in [5.41, 5.74) is 0.368. The van der Waals surface area contributed by atoms with Crippen molar-refractivity contribution in [3.63, 3.8) is 0 Å². The summed E-state index contributed by atoms with van der Waals surface area (Å²) >= 11 is 0. The van der Waals surface area contributed by atoms with Gasteiger partial charge in [0.05, 0.1) is 13.2 Å². The van der Waals surface area contributed by atoms with Crippen LogP contribution in [0.3, 0.4) is 0 Å². The van der Waals surface area contributed by atoms with Gasteiger partial charge in [0.25, 0.3) is 0 Å². The quantitative estimate of drug-likeness (QED) is 0.599. The van der Waals surface area contributed by atoms with Crippen LogP contribution in [0.2, 0.25) is 0 Å². The number of carbonyl (C=O) groups excluding carboxylic acids is 2. The van der Waals surface area contributed by atoms with Crippen molar-refractivity contribution in [3.05, 3.63) is 35.6 Å².